The monoisotopic (exact) mass is 335 g/mol. The quantitative estimate of drug-likeness (QED) is 0.488. The number of nitrogens with one attached hydrogen (secondary N) is 2. The van der Waals surface area contributed by atoms with E-state index in [4.69, 9.17) is 9.57 Å². The molecule has 3 heterocycles. The predicted octanol–water partition coefficient (Wildman–Crippen LogP) is 1.78. The second-order valence-corrected chi connectivity index (χ2v) is 5.71. The molecule has 2 aromatic rings. The second kappa shape index (κ2) is 7.53. The van der Waals surface area contributed by atoms with E-state index < -0.39 is 5.91 Å². The molecule has 122 valence electrons. The van der Waals surface area contributed by atoms with Crippen LogP contribution in [0.3, 0.4) is 0 Å². The maximum absolute atomic E-state index is 12.1. The van der Waals surface area contributed by atoms with Crippen molar-refractivity contribution in [3.63, 3.8) is 0 Å². The number of rotatable bonds is 5. The Morgan fingerprint density at radius 2 is 2.39 bits per heavy atom. The van der Waals surface area contributed by atoms with Crippen molar-refractivity contribution >= 4 is 17.7 Å². The number of aromatic nitrogens is 4. The van der Waals surface area contributed by atoms with Gasteiger partial charge in [0.05, 0.1) is 5.69 Å². The first-order chi connectivity index (χ1) is 11.3. The number of hydroxylamine groups is 1. The lowest BCUT2D eigenvalue weighted by atomic mass is 10.2. The Hall–Kier alpha value is -1.97. The Labute approximate surface area is 137 Å². The van der Waals surface area contributed by atoms with Crippen molar-refractivity contribution in [2.75, 3.05) is 12.9 Å². The van der Waals surface area contributed by atoms with E-state index in [0.717, 1.165) is 19.3 Å². The predicted molar refractivity (Wildman–Crippen MR) is 83.5 cm³/mol. The van der Waals surface area contributed by atoms with Gasteiger partial charge in [-0.3, -0.25) is 9.89 Å². The summed E-state index contributed by atoms with van der Waals surface area (Å²) in [6.45, 7) is 0.653. The fourth-order valence-electron chi connectivity index (χ4n) is 2.13. The van der Waals surface area contributed by atoms with Crippen LogP contribution in [-0.4, -0.2) is 45.2 Å². The number of ether oxygens (including phenoxy) is 1. The Morgan fingerprint density at radius 3 is 3.17 bits per heavy atom. The second-order valence-electron chi connectivity index (χ2n) is 4.94. The molecule has 1 unspecified atom stereocenters. The number of aromatic amines is 1. The number of carbonyl (C=O) groups is 1. The number of amides is 1. The lowest BCUT2D eigenvalue weighted by Crippen LogP contribution is -2.33. The topological polar surface area (TPSA) is 102 Å². The molecule has 1 aliphatic heterocycles. The lowest BCUT2D eigenvalue weighted by molar-refractivity contribution is -0.186. The van der Waals surface area contributed by atoms with E-state index in [1.807, 2.05) is 6.26 Å². The molecular formula is C14H17N5O3S. The fourth-order valence-corrected chi connectivity index (χ4v) is 2.49. The molecule has 1 fully saturated rings. The number of nitrogens with zero attached hydrogens (tertiary/aromatic N) is 3. The Balaban J connectivity index is 1.62. The first-order valence-corrected chi connectivity index (χ1v) is 8.49. The minimum Gasteiger partial charge on any atom is -0.350 e. The van der Waals surface area contributed by atoms with E-state index >= 15 is 0 Å². The summed E-state index contributed by atoms with van der Waals surface area (Å²) in [6.07, 6.45) is 5.99. The molecule has 9 heteroatoms. The summed E-state index contributed by atoms with van der Waals surface area (Å²) in [6, 6.07) is 3.36. The summed E-state index contributed by atoms with van der Waals surface area (Å²) >= 11 is 1.44. The number of thioether (sulfide) groups is 1. The van der Waals surface area contributed by atoms with Crippen LogP contribution in [0.2, 0.25) is 0 Å². The molecule has 1 aliphatic rings. The molecular weight excluding hydrogens is 318 g/mol. The van der Waals surface area contributed by atoms with Gasteiger partial charge in [-0.05, 0) is 31.2 Å². The van der Waals surface area contributed by atoms with E-state index in [9.17, 15) is 4.79 Å². The van der Waals surface area contributed by atoms with Crippen LogP contribution in [0.1, 0.15) is 29.8 Å². The molecule has 3 rings (SSSR count). The number of carbonyl (C=O) groups excluding carboxylic acids is 1. The molecule has 0 aliphatic carbocycles. The van der Waals surface area contributed by atoms with Gasteiger partial charge in [0.25, 0.3) is 5.91 Å². The van der Waals surface area contributed by atoms with E-state index in [-0.39, 0.29) is 6.29 Å². The fraction of sp³-hybridized carbons (Fsp3) is 0.429. The molecule has 23 heavy (non-hydrogen) atoms. The zero-order valence-electron chi connectivity index (χ0n) is 12.6. The molecule has 0 saturated carbocycles. The third-order valence-corrected chi connectivity index (χ3v) is 3.88. The minimum atomic E-state index is -0.405. The van der Waals surface area contributed by atoms with Gasteiger partial charge < -0.3 is 4.74 Å². The summed E-state index contributed by atoms with van der Waals surface area (Å²) in [5, 5.41) is 7.43. The minimum absolute atomic E-state index is 0.292. The SMILES string of the molecule is CSc1nccc(-c2cc(C(=O)NOC3CCCCO3)[nH]n2)n1. The highest BCUT2D eigenvalue weighted by Gasteiger charge is 2.17. The van der Waals surface area contributed by atoms with Crippen LogP contribution in [-0.2, 0) is 9.57 Å². The van der Waals surface area contributed by atoms with E-state index in [1.54, 1.807) is 18.3 Å². The van der Waals surface area contributed by atoms with Gasteiger partial charge in [-0.1, -0.05) is 11.8 Å². The third-order valence-electron chi connectivity index (χ3n) is 3.32. The van der Waals surface area contributed by atoms with Crippen LogP contribution in [0.4, 0.5) is 0 Å². The molecule has 0 spiro atoms. The van der Waals surface area contributed by atoms with Crippen LogP contribution in [0.15, 0.2) is 23.5 Å². The molecule has 0 radical (unpaired) electrons. The van der Waals surface area contributed by atoms with Crippen molar-refractivity contribution in [3.8, 4) is 11.4 Å². The highest BCUT2D eigenvalue weighted by molar-refractivity contribution is 7.98. The van der Waals surface area contributed by atoms with Gasteiger partial charge in [0.1, 0.15) is 11.4 Å². The summed E-state index contributed by atoms with van der Waals surface area (Å²) in [5.74, 6) is -0.405. The van der Waals surface area contributed by atoms with Gasteiger partial charge in [-0.25, -0.2) is 20.3 Å². The highest BCUT2D eigenvalue weighted by Crippen LogP contribution is 2.18. The van der Waals surface area contributed by atoms with Crippen LogP contribution in [0.25, 0.3) is 11.4 Å². The normalized spacial score (nSPS) is 17.9. The molecule has 1 amide bonds. The Bertz CT molecular complexity index is 672. The van der Waals surface area contributed by atoms with Crippen LogP contribution < -0.4 is 5.48 Å². The highest BCUT2D eigenvalue weighted by atomic mass is 32.2. The average molecular weight is 335 g/mol. The van der Waals surface area contributed by atoms with Crippen molar-refractivity contribution in [3.05, 3.63) is 24.0 Å². The van der Waals surface area contributed by atoms with Crippen molar-refractivity contribution in [1.82, 2.24) is 25.6 Å². The summed E-state index contributed by atoms with van der Waals surface area (Å²) in [5.41, 5.74) is 3.90. The Kier molecular flexibility index (Phi) is 5.21. The van der Waals surface area contributed by atoms with E-state index in [1.165, 1.54) is 11.8 Å². The van der Waals surface area contributed by atoms with E-state index in [0.29, 0.717) is 28.8 Å². The number of hydrogen-bond acceptors (Lipinski definition) is 7. The number of hydrogen-bond donors (Lipinski definition) is 2. The molecule has 2 aromatic heterocycles. The van der Waals surface area contributed by atoms with E-state index in [2.05, 4.69) is 25.6 Å². The van der Waals surface area contributed by atoms with Gasteiger partial charge >= 0.3 is 0 Å². The first-order valence-electron chi connectivity index (χ1n) is 7.26. The first kappa shape index (κ1) is 15.9. The third kappa shape index (κ3) is 4.06. The molecule has 2 N–H and O–H groups in total. The van der Waals surface area contributed by atoms with Crippen molar-refractivity contribution in [2.24, 2.45) is 0 Å². The maximum Gasteiger partial charge on any atom is 0.292 e. The van der Waals surface area contributed by atoms with Crippen molar-refractivity contribution < 1.29 is 14.4 Å². The molecule has 1 saturated heterocycles. The zero-order valence-corrected chi connectivity index (χ0v) is 13.4. The Morgan fingerprint density at radius 1 is 1.48 bits per heavy atom. The van der Waals surface area contributed by atoms with Gasteiger partial charge in [-0.2, -0.15) is 5.10 Å². The largest absolute Gasteiger partial charge is 0.350 e. The van der Waals surface area contributed by atoms with Gasteiger partial charge in [0, 0.05) is 19.2 Å². The van der Waals surface area contributed by atoms with Gasteiger partial charge in [0.15, 0.2) is 11.4 Å². The van der Waals surface area contributed by atoms with Crippen LogP contribution in [0.5, 0.6) is 0 Å². The molecule has 0 aromatic carbocycles. The van der Waals surface area contributed by atoms with Gasteiger partial charge in [0.2, 0.25) is 0 Å². The standard InChI is InChI=1S/C14H17N5O3S/c1-23-14-15-6-5-9(16-14)10-8-11(18-17-10)13(20)19-22-12-4-2-3-7-21-12/h5-6,8,12H,2-4,7H2,1H3,(H,17,18)(H,19,20). The molecule has 1 atom stereocenters. The summed E-state index contributed by atoms with van der Waals surface area (Å²) in [4.78, 5) is 25.8. The summed E-state index contributed by atoms with van der Waals surface area (Å²) in [7, 11) is 0. The molecule has 8 nitrogen and oxygen atoms in total. The van der Waals surface area contributed by atoms with Gasteiger partial charge in [-0.15, -0.1) is 0 Å². The average Bonchev–Trinajstić information content (AvgIpc) is 3.11. The number of H-pyrrole nitrogens is 1. The smallest absolute Gasteiger partial charge is 0.292 e. The molecule has 0 bridgehead atoms. The zero-order chi connectivity index (χ0) is 16.1. The summed E-state index contributed by atoms with van der Waals surface area (Å²) < 4.78 is 5.38. The van der Waals surface area contributed by atoms with Crippen LogP contribution in [0, 0.1) is 0 Å². The van der Waals surface area contributed by atoms with Crippen LogP contribution >= 0.6 is 11.8 Å². The van der Waals surface area contributed by atoms with Crippen molar-refractivity contribution in [1.29, 1.82) is 0 Å². The van der Waals surface area contributed by atoms with Crippen molar-refractivity contribution in [2.45, 2.75) is 30.7 Å². The maximum atomic E-state index is 12.1. The lowest BCUT2D eigenvalue weighted by Gasteiger charge is -2.21.